The molecule has 0 aromatic heterocycles. The third kappa shape index (κ3) is 9.31. The van der Waals surface area contributed by atoms with E-state index in [2.05, 4.69) is 0 Å². The monoisotopic (exact) mass is 826 g/mol. The Morgan fingerprint density at radius 3 is 1.26 bits per heavy atom. The van der Waals surface area contributed by atoms with Crippen LogP contribution in [0.1, 0.15) is 35.5 Å². The Morgan fingerprint density at radius 1 is 0.586 bits per heavy atom. The van der Waals surface area contributed by atoms with Crippen molar-refractivity contribution in [3.8, 4) is 11.5 Å². The number of fused-ring (bicyclic) bond motifs is 2. The Kier molecular flexibility index (Phi) is 13.7. The van der Waals surface area contributed by atoms with Gasteiger partial charge in [-0.25, -0.2) is 9.59 Å². The second kappa shape index (κ2) is 18.7. The maximum Gasteiger partial charge on any atom is 0.418 e. The van der Waals surface area contributed by atoms with Crippen molar-refractivity contribution in [1.29, 1.82) is 0 Å². The molecule has 14 heteroatoms. The minimum Gasteiger partial charge on any atom is -0.497 e. The number of hydrogen-bond acceptors (Lipinski definition) is 12. The lowest BCUT2D eigenvalue weighted by Crippen LogP contribution is -2.51. The van der Waals surface area contributed by atoms with Crippen LogP contribution in [0.4, 0.5) is 11.4 Å². The number of likely N-dealkylation sites (N-methyl/N-ethyl adjacent to an activating group) is 2. The van der Waals surface area contributed by atoms with Crippen molar-refractivity contribution < 1.29 is 38.1 Å². The molecule has 2 aliphatic heterocycles. The molecule has 6 atom stereocenters. The van der Waals surface area contributed by atoms with Gasteiger partial charge in [0, 0.05) is 35.0 Å². The smallest absolute Gasteiger partial charge is 0.418 e. The van der Waals surface area contributed by atoms with Gasteiger partial charge in [0.2, 0.25) is 0 Å². The van der Waals surface area contributed by atoms with E-state index in [9.17, 15) is 19.2 Å². The van der Waals surface area contributed by atoms with Crippen molar-refractivity contribution >= 4 is 58.7 Å². The first-order chi connectivity index (χ1) is 27.8. The number of hydrogen-bond donors (Lipinski definition) is 0. The first-order valence-electron chi connectivity index (χ1n) is 19.0. The maximum atomic E-state index is 14.9. The summed E-state index contributed by atoms with van der Waals surface area (Å²) in [5.41, 5.74) is 2.70. The molecule has 2 amide bonds. The van der Waals surface area contributed by atoms with Gasteiger partial charge in [-0.3, -0.25) is 9.59 Å². The van der Waals surface area contributed by atoms with Gasteiger partial charge in [0.1, 0.15) is 11.5 Å². The van der Waals surface area contributed by atoms with Crippen LogP contribution >= 0.6 is 23.5 Å². The standard InChI is InChI=1S/C44H50N4O8S2/c1-27(25-45(3)4)47-33-13-9-11-15-35(33)57-39(29-17-21-31(53-7)22-18-29)37(41(47)49)55-43(51)44(52)56-38-40(30-19-23-32(54-8)24-20-30)58-36-16-12-10-14-34(36)48(42(38)50)28(2)26-46(5)6/h9-24,27-28,37-40H,25-26H2,1-8H3. The molecule has 6 unspecified atom stereocenters. The lowest BCUT2D eigenvalue weighted by atomic mass is 10.0. The molecule has 0 fully saturated rings. The Hall–Kier alpha value is -5.02. The molecule has 0 saturated heterocycles. The number of thioether (sulfide) groups is 2. The highest BCUT2D eigenvalue weighted by atomic mass is 32.2. The number of benzene rings is 4. The highest BCUT2D eigenvalue weighted by Gasteiger charge is 2.47. The summed E-state index contributed by atoms with van der Waals surface area (Å²) in [4.78, 5) is 66.9. The van der Waals surface area contributed by atoms with Crippen LogP contribution in [-0.4, -0.2) is 113 Å². The average molecular weight is 827 g/mol. The van der Waals surface area contributed by atoms with Gasteiger partial charge in [-0.2, -0.15) is 0 Å². The number of esters is 2. The molecule has 4 aromatic carbocycles. The molecule has 12 nitrogen and oxygen atoms in total. The van der Waals surface area contributed by atoms with E-state index in [1.807, 2.05) is 125 Å². The minimum atomic E-state index is -1.45. The van der Waals surface area contributed by atoms with E-state index < -0.39 is 46.5 Å². The van der Waals surface area contributed by atoms with Gasteiger partial charge >= 0.3 is 11.9 Å². The van der Waals surface area contributed by atoms with Crippen LogP contribution in [0.2, 0.25) is 0 Å². The molecular formula is C44H50N4O8S2. The summed E-state index contributed by atoms with van der Waals surface area (Å²) in [6.45, 7) is 4.88. The number of carbonyl (C=O) groups is 4. The van der Waals surface area contributed by atoms with E-state index in [0.717, 1.165) is 9.79 Å². The first kappa shape index (κ1) is 42.6. The quantitative estimate of drug-likeness (QED) is 0.115. The summed E-state index contributed by atoms with van der Waals surface area (Å²) in [7, 11) is 10.8. The molecule has 0 N–H and O–H groups in total. The zero-order valence-electron chi connectivity index (χ0n) is 34.0. The third-order valence-electron chi connectivity index (χ3n) is 9.93. The van der Waals surface area contributed by atoms with E-state index in [1.54, 1.807) is 48.3 Å². The van der Waals surface area contributed by atoms with E-state index in [1.165, 1.54) is 23.5 Å². The molecule has 306 valence electrons. The van der Waals surface area contributed by atoms with Gasteiger partial charge in [-0.1, -0.05) is 48.5 Å². The normalized spacial score (nSPS) is 20.4. The number of nitrogens with zero attached hydrogens (tertiary/aromatic N) is 4. The summed E-state index contributed by atoms with van der Waals surface area (Å²) in [5.74, 6) is -2.54. The van der Waals surface area contributed by atoms with Gasteiger partial charge < -0.3 is 38.5 Å². The lowest BCUT2D eigenvalue weighted by molar-refractivity contribution is -0.176. The molecule has 58 heavy (non-hydrogen) atoms. The van der Waals surface area contributed by atoms with E-state index >= 15 is 0 Å². The number of anilines is 2. The minimum absolute atomic E-state index is 0.338. The number of amides is 2. The maximum absolute atomic E-state index is 14.9. The molecule has 2 aliphatic rings. The highest BCUT2D eigenvalue weighted by Crippen LogP contribution is 2.49. The van der Waals surface area contributed by atoms with Crippen LogP contribution in [0, 0.1) is 0 Å². The van der Waals surface area contributed by atoms with Crippen molar-refractivity contribution in [3.63, 3.8) is 0 Å². The van der Waals surface area contributed by atoms with Crippen LogP contribution in [-0.2, 0) is 28.7 Å². The van der Waals surface area contributed by atoms with Crippen LogP contribution < -0.4 is 19.3 Å². The fourth-order valence-electron chi connectivity index (χ4n) is 7.43. The first-order valence-corrected chi connectivity index (χ1v) is 20.7. The molecule has 0 aliphatic carbocycles. The van der Waals surface area contributed by atoms with Crippen molar-refractivity contribution in [1.82, 2.24) is 9.80 Å². The predicted octanol–water partition coefficient (Wildman–Crippen LogP) is 6.49. The third-order valence-corrected chi connectivity index (χ3v) is 12.7. The summed E-state index contributed by atoms with van der Waals surface area (Å²) >= 11 is 2.73. The van der Waals surface area contributed by atoms with Gasteiger partial charge in [0.15, 0.2) is 12.2 Å². The van der Waals surface area contributed by atoms with E-state index in [0.29, 0.717) is 47.1 Å². The van der Waals surface area contributed by atoms with Gasteiger partial charge in [-0.15, -0.1) is 23.5 Å². The van der Waals surface area contributed by atoms with Crippen molar-refractivity contribution in [2.45, 2.75) is 58.4 Å². The Bertz CT molecular complexity index is 1950. The molecule has 0 bridgehead atoms. The number of rotatable bonds is 12. The molecule has 6 rings (SSSR count). The molecule has 0 radical (unpaired) electrons. The average Bonchev–Trinajstić information content (AvgIpc) is 3.40. The summed E-state index contributed by atoms with van der Waals surface area (Å²) < 4.78 is 22.8. The van der Waals surface area contributed by atoms with Crippen molar-refractivity contribution in [2.24, 2.45) is 0 Å². The Balaban J connectivity index is 1.38. The second-order valence-corrected chi connectivity index (χ2v) is 17.2. The van der Waals surface area contributed by atoms with Crippen molar-refractivity contribution in [3.05, 3.63) is 108 Å². The van der Waals surface area contributed by atoms with E-state index in [4.69, 9.17) is 18.9 Å². The Labute approximate surface area is 348 Å². The number of methoxy groups -OCH3 is 2. The zero-order chi connectivity index (χ0) is 41.7. The van der Waals surface area contributed by atoms with Crippen LogP contribution in [0.25, 0.3) is 0 Å². The second-order valence-electron chi connectivity index (χ2n) is 14.8. The largest absolute Gasteiger partial charge is 0.497 e. The number of carbonyl (C=O) groups excluding carboxylic acids is 4. The zero-order valence-corrected chi connectivity index (χ0v) is 35.6. The topological polar surface area (TPSA) is 118 Å². The molecule has 2 heterocycles. The molecule has 4 aromatic rings. The van der Waals surface area contributed by atoms with E-state index in [-0.39, 0.29) is 12.1 Å². The van der Waals surface area contributed by atoms with Crippen LogP contribution in [0.15, 0.2) is 107 Å². The summed E-state index contributed by atoms with van der Waals surface area (Å²) in [6, 6.07) is 28.7. The number of ether oxygens (including phenoxy) is 4. The molecular weight excluding hydrogens is 777 g/mol. The van der Waals surface area contributed by atoms with Crippen LogP contribution in [0.5, 0.6) is 11.5 Å². The number of para-hydroxylation sites is 2. The van der Waals surface area contributed by atoms with Gasteiger partial charge in [-0.05, 0) is 102 Å². The van der Waals surface area contributed by atoms with Crippen LogP contribution in [0.3, 0.4) is 0 Å². The molecule has 0 spiro atoms. The predicted molar refractivity (Wildman–Crippen MR) is 227 cm³/mol. The Morgan fingerprint density at radius 2 is 0.931 bits per heavy atom. The summed E-state index contributed by atoms with van der Waals surface area (Å²) in [5, 5.41) is -1.52. The lowest BCUT2D eigenvalue weighted by Gasteiger charge is -2.34. The highest BCUT2D eigenvalue weighted by molar-refractivity contribution is 8.00. The SMILES string of the molecule is COc1ccc(C2Sc3ccccc3N(C(C)CN(C)C)C(=O)C2OC(=O)C(=O)OC2C(=O)N(C(C)CN(C)C)c3ccccc3SC2c2ccc(OC)cc2)cc1. The fraction of sp³-hybridized carbons (Fsp3) is 0.364. The fourth-order valence-corrected chi connectivity index (χ4v) is 10.0. The van der Waals surface area contributed by atoms with Gasteiger partial charge in [0.05, 0.1) is 36.1 Å². The van der Waals surface area contributed by atoms with Crippen molar-refractivity contribution in [2.75, 3.05) is 65.3 Å². The van der Waals surface area contributed by atoms with Gasteiger partial charge in [0.25, 0.3) is 11.8 Å². The summed E-state index contributed by atoms with van der Waals surface area (Å²) in [6.07, 6.45) is -2.90. The molecule has 0 saturated carbocycles.